The first-order valence-electron chi connectivity index (χ1n) is 5.99. The van der Waals surface area contributed by atoms with Gasteiger partial charge >= 0.3 is 0 Å². The van der Waals surface area contributed by atoms with Crippen LogP contribution in [-0.2, 0) is 4.74 Å². The zero-order valence-corrected chi connectivity index (χ0v) is 10.7. The van der Waals surface area contributed by atoms with E-state index < -0.39 is 0 Å². The van der Waals surface area contributed by atoms with Gasteiger partial charge in [-0.25, -0.2) is 9.97 Å². The van der Waals surface area contributed by atoms with Crippen LogP contribution in [0.15, 0.2) is 6.20 Å². The molecule has 5 heteroatoms. The number of methoxy groups -OCH3 is 1. The number of nitrogens with one attached hydrogen (secondary N) is 2. The van der Waals surface area contributed by atoms with Crippen molar-refractivity contribution in [2.24, 2.45) is 0 Å². The van der Waals surface area contributed by atoms with E-state index in [0.717, 1.165) is 36.7 Å². The molecule has 0 aromatic carbocycles. The topological polar surface area (TPSA) is 59.1 Å². The number of hydrogen-bond acceptors (Lipinski definition) is 5. The Balaban J connectivity index is 1.88. The maximum Gasteiger partial charge on any atom is 0.132 e. The summed E-state index contributed by atoms with van der Waals surface area (Å²) in [4.78, 5) is 8.55. The zero-order chi connectivity index (χ0) is 12.3. The molecule has 1 aliphatic heterocycles. The fourth-order valence-corrected chi connectivity index (χ4v) is 2.05. The van der Waals surface area contributed by atoms with E-state index >= 15 is 0 Å². The van der Waals surface area contributed by atoms with Gasteiger partial charge in [0.25, 0.3) is 0 Å². The number of hydrogen-bond donors (Lipinski definition) is 2. The lowest BCUT2D eigenvalue weighted by Gasteiger charge is -2.13. The van der Waals surface area contributed by atoms with E-state index in [4.69, 9.17) is 4.74 Å². The number of anilines is 1. The molecule has 0 amide bonds. The Kier molecular flexibility index (Phi) is 3.91. The van der Waals surface area contributed by atoms with Crippen LogP contribution in [0.2, 0.25) is 0 Å². The predicted octanol–water partition coefficient (Wildman–Crippen LogP) is 0.882. The first kappa shape index (κ1) is 12.3. The number of rotatable bonds is 4. The van der Waals surface area contributed by atoms with E-state index in [2.05, 4.69) is 20.6 Å². The fraction of sp³-hybridized carbons (Fsp3) is 0.667. The molecule has 94 valence electrons. The standard InChI is InChI=1S/C12H20N4O/c1-8-5-13-9(2)16-12(8)15-6-10-4-11(17-3)7-14-10/h5,10-11,14H,4,6-7H2,1-3H3,(H,13,15,16). The van der Waals surface area contributed by atoms with Crippen LogP contribution < -0.4 is 10.6 Å². The van der Waals surface area contributed by atoms with E-state index in [1.165, 1.54) is 0 Å². The minimum atomic E-state index is 0.343. The maximum absolute atomic E-state index is 5.32. The van der Waals surface area contributed by atoms with Gasteiger partial charge in [-0.05, 0) is 20.3 Å². The Bertz CT molecular complexity index is 383. The summed E-state index contributed by atoms with van der Waals surface area (Å²) < 4.78 is 5.32. The molecule has 2 N–H and O–H groups in total. The molecule has 2 rings (SSSR count). The summed E-state index contributed by atoms with van der Waals surface area (Å²) in [5.74, 6) is 1.73. The zero-order valence-electron chi connectivity index (χ0n) is 10.7. The second kappa shape index (κ2) is 5.42. The maximum atomic E-state index is 5.32. The molecule has 1 aliphatic rings. The largest absolute Gasteiger partial charge is 0.380 e. The third-order valence-electron chi connectivity index (χ3n) is 3.12. The monoisotopic (exact) mass is 236 g/mol. The van der Waals surface area contributed by atoms with Gasteiger partial charge in [-0.15, -0.1) is 0 Å². The van der Waals surface area contributed by atoms with Gasteiger partial charge in [0.2, 0.25) is 0 Å². The van der Waals surface area contributed by atoms with Crippen LogP contribution in [0, 0.1) is 13.8 Å². The van der Waals surface area contributed by atoms with Crippen LogP contribution in [0.3, 0.4) is 0 Å². The molecule has 0 bridgehead atoms. The first-order chi connectivity index (χ1) is 8.19. The third-order valence-corrected chi connectivity index (χ3v) is 3.12. The van der Waals surface area contributed by atoms with E-state index in [0.29, 0.717) is 12.1 Å². The van der Waals surface area contributed by atoms with Crippen LogP contribution >= 0.6 is 0 Å². The summed E-state index contributed by atoms with van der Waals surface area (Å²) in [5.41, 5.74) is 1.08. The molecular formula is C12H20N4O. The third kappa shape index (κ3) is 3.14. The fourth-order valence-electron chi connectivity index (χ4n) is 2.05. The predicted molar refractivity (Wildman–Crippen MR) is 67.2 cm³/mol. The van der Waals surface area contributed by atoms with E-state index in [-0.39, 0.29) is 0 Å². The smallest absolute Gasteiger partial charge is 0.132 e. The average Bonchev–Trinajstić information content (AvgIpc) is 2.78. The highest BCUT2D eigenvalue weighted by atomic mass is 16.5. The second-order valence-corrected chi connectivity index (χ2v) is 4.53. The minimum Gasteiger partial charge on any atom is -0.380 e. The van der Waals surface area contributed by atoms with Gasteiger partial charge in [0.15, 0.2) is 0 Å². The molecule has 1 saturated heterocycles. The Hall–Kier alpha value is -1.20. The van der Waals surface area contributed by atoms with Crippen molar-refractivity contribution in [1.29, 1.82) is 0 Å². The summed E-state index contributed by atoms with van der Waals surface area (Å²) in [6.45, 7) is 5.73. The molecule has 2 unspecified atom stereocenters. The quantitative estimate of drug-likeness (QED) is 0.813. The number of nitrogens with zero attached hydrogens (tertiary/aromatic N) is 2. The highest BCUT2D eigenvalue weighted by Gasteiger charge is 2.23. The lowest BCUT2D eigenvalue weighted by Crippen LogP contribution is -2.29. The molecule has 2 atom stereocenters. The van der Waals surface area contributed by atoms with Gasteiger partial charge in [-0.2, -0.15) is 0 Å². The van der Waals surface area contributed by atoms with Crippen molar-refractivity contribution in [3.05, 3.63) is 17.6 Å². The van der Waals surface area contributed by atoms with Crippen LogP contribution in [0.4, 0.5) is 5.82 Å². The summed E-state index contributed by atoms with van der Waals surface area (Å²) >= 11 is 0. The first-order valence-corrected chi connectivity index (χ1v) is 5.99. The molecule has 1 aromatic heterocycles. The van der Waals surface area contributed by atoms with Crippen LogP contribution in [-0.4, -0.2) is 42.3 Å². The summed E-state index contributed by atoms with van der Waals surface area (Å²) in [6.07, 6.45) is 3.24. The van der Waals surface area contributed by atoms with E-state index in [1.807, 2.05) is 20.0 Å². The van der Waals surface area contributed by atoms with Gasteiger partial charge < -0.3 is 15.4 Å². The van der Waals surface area contributed by atoms with Crippen molar-refractivity contribution < 1.29 is 4.74 Å². The number of aromatic nitrogens is 2. The molecule has 0 saturated carbocycles. The van der Waals surface area contributed by atoms with Crippen molar-refractivity contribution in [3.8, 4) is 0 Å². The van der Waals surface area contributed by atoms with Crippen molar-refractivity contribution in [2.75, 3.05) is 25.5 Å². The molecule has 0 aliphatic carbocycles. The second-order valence-electron chi connectivity index (χ2n) is 4.53. The van der Waals surface area contributed by atoms with Crippen LogP contribution in [0.1, 0.15) is 17.8 Å². The highest BCUT2D eigenvalue weighted by Crippen LogP contribution is 2.13. The van der Waals surface area contributed by atoms with E-state index in [9.17, 15) is 0 Å². The van der Waals surface area contributed by atoms with E-state index in [1.54, 1.807) is 7.11 Å². The highest BCUT2D eigenvalue weighted by molar-refractivity contribution is 5.42. The van der Waals surface area contributed by atoms with Gasteiger partial charge in [-0.3, -0.25) is 0 Å². The molecular weight excluding hydrogens is 216 g/mol. The van der Waals surface area contributed by atoms with Gasteiger partial charge in [0, 0.05) is 38.0 Å². The van der Waals surface area contributed by atoms with Gasteiger partial charge in [0.1, 0.15) is 11.6 Å². The molecule has 0 spiro atoms. The Morgan fingerprint density at radius 2 is 2.35 bits per heavy atom. The van der Waals surface area contributed by atoms with Gasteiger partial charge in [0.05, 0.1) is 6.10 Å². The molecule has 1 aromatic rings. The number of aryl methyl sites for hydroxylation is 2. The summed E-state index contributed by atoms with van der Waals surface area (Å²) in [7, 11) is 1.76. The Morgan fingerprint density at radius 3 is 3.06 bits per heavy atom. The summed E-state index contributed by atoms with van der Waals surface area (Å²) in [6, 6.07) is 0.453. The molecule has 2 heterocycles. The van der Waals surface area contributed by atoms with Crippen molar-refractivity contribution in [1.82, 2.24) is 15.3 Å². The average molecular weight is 236 g/mol. The molecule has 1 fully saturated rings. The molecule has 5 nitrogen and oxygen atoms in total. The van der Waals surface area contributed by atoms with Gasteiger partial charge in [-0.1, -0.05) is 0 Å². The van der Waals surface area contributed by atoms with Crippen molar-refractivity contribution >= 4 is 5.82 Å². The minimum absolute atomic E-state index is 0.343. The van der Waals surface area contributed by atoms with Crippen molar-refractivity contribution in [2.45, 2.75) is 32.4 Å². The number of ether oxygens (including phenoxy) is 1. The Morgan fingerprint density at radius 1 is 1.53 bits per heavy atom. The van der Waals surface area contributed by atoms with Crippen molar-refractivity contribution in [3.63, 3.8) is 0 Å². The Labute approximate surface area is 102 Å². The van der Waals surface area contributed by atoms with Crippen LogP contribution in [0.5, 0.6) is 0 Å². The lowest BCUT2D eigenvalue weighted by molar-refractivity contribution is 0.117. The molecule has 0 radical (unpaired) electrons. The summed E-state index contributed by atoms with van der Waals surface area (Å²) in [5, 5.41) is 6.80. The normalized spacial score (nSPS) is 23.9. The molecule has 17 heavy (non-hydrogen) atoms. The van der Waals surface area contributed by atoms with Crippen LogP contribution in [0.25, 0.3) is 0 Å². The SMILES string of the molecule is COC1CNC(CNc2nc(C)ncc2C)C1. The lowest BCUT2D eigenvalue weighted by atomic mass is 10.2.